The summed E-state index contributed by atoms with van der Waals surface area (Å²) in [6.07, 6.45) is 22.0. The highest BCUT2D eigenvalue weighted by Crippen LogP contribution is 2.32. The second kappa shape index (κ2) is 17.7. The van der Waals surface area contributed by atoms with Crippen LogP contribution in [0.1, 0.15) is 11.1 Å². The molecule has 0 saturated heterocycles. The molecule has 6 rings (SSSR count). The summed E-state index contributed by atoms with van der Waals surface area (Å²) in [7, 11) is 0. The van der Waals surface area contributed by atoms with Crippen molar-refractivity contribution in [3.05, 3.63) is 249 Å². The van der Waals surface area contributed by atoms with E-state index in [0.717, 1.165) is 50.4 Å². The van der Waals surface area contributed by atoms with Crippen LogP contribution in [-0.2, 0) is 0 Å². The first-order valence-electron chi connectivity index (χ1n) is 17.3. The minimum absolute atomic E-state index is 0.823. The molecule has 0 aliphatic heterocycles. The molecule has 0 bridgehead atoms. The highest BCUT2D eigenvalue weighted by atomic mass is 15.1. The van der Waals surface area contributed by atoms with E-state index in [4.69, 9.17) is 0 Å². The number of rotatable bonds is 14. The third-order valence-electron chi connectivity index (χ3n) is 8.61. The molecule has 0 radical (unpaired) electrons. The molecule has 0 aliphatic carbocycles. The van der Waals surface area contributed by atoms with E-state index in [0.29, 0.717) is 0 Å². The SMILES string of the molecule is C=C/C=C\C=C\N(C(=C)/C=C\C(=C)c1ccc(-c2ccc(N(/C=C/C=C\c3ccccc3)c3ccccc3)cc2)cc1)c1cccc2ccccc12. The maximum atomic E-state index is 4.42. The number of nitrogens with zero attached hydrogens (tertiary/aromatic N) is 2. The van der Waals surface area contributed by atoms with Crippen LogP contribution < -0.4 is 9.80 Å². The molecule has 0 unspecified atom stereocenters. The van der Waals surface area contributed by atoms with E-state index in [1.807, 2.05) is 60.8 Å². The van der Waals surface area contributed by atoms with E-state index >= 15 is 0 Å². The number of para-hydroxylation sites is 1. The van der Waals surface area contributed by atoms with Crippen molar-refractivity contribution in [3.8, 4) is 11.1 Å². The van der Waals surface area contributed by atoms with Crippen molar-refractivity contribution in [2.24, 2.45) is 0 Å². The van der Waals surface area contributed by atoms with Gasteiger partial charge in [-0.1, -0.05) is 178 Å². The zero-order valence-corrected chi connectivity index (χ0v) is 29.3. The van der Waals surface area contributed by atoms with Crippen LogP contribution >= 0.6 is 0 Å². The quantitative estimate of drug-likeness (QED) is 0.106. The predicted octanol–water partition coefficient (Wildman–Crippen LogP) is 13.7. The highest BCUT2D eigenvalue weighted by Gasteiger charge is 2.10. The van der Waals surface area contributed by atoms with E-state index in [1.165, 1.54) is 10.9 Å². The van der Waals surface area contributed by atoms with Gasteiger partial charge in [-0.3, -0.25) is 0 Å². The molecule has 0 fully saturated rings. The first-order valence-corrected chi connectivity index (χ1v) is 17.3. The molecule has 2 heteroatoms. The average Bonchev–Trinajstić information content (AvgIpc) is 3.20. The Balaban J connectivity index is 1.16. The molecule has 0 aromatic heterocycles. The molecule has 0 saturated carbocycles. The zero-order valence-electron chi connectivity index (χ0n) is 29.3. The summed E-state index contributed by atoms with van der Waals surface area (Å²) in [5.74, 6) is 0. The first kappa shape index (κ1) is 34.9. The van der Waals surface area contributed by atoms with E-state index in [2.05, 4.69) is 181 Å². The summed E-state index contributed by atoms with van der Waals surface area (Å²) in [6.45, 7) is 12.6. The fourth-order valence-electron chi connectivity index (χ4n) is 5.87. The van der Waals surface area contributed by atoms with E-state index < -0.39 is 0 Å². The van der Waals surface area contributed by atoms with Crippen molar-refractivity contribution in [2.75, 3.05) is 9.80 Å². The lowest BCUT2D eigenvalue weighted by atomic mass is 10.0. The van der Waals surface area contributed by atoms with Crippen molar-refractivity contribution in [2.45, 2.75) is 0 Å². The van der Waals surface area contributed by atoms with Crippen LogP contribution in [0.3, 0.4) is 0 Å². The van der Waals surface area contributed by atoms with E-state index in [9.17, 15) is 0 Å². The Bertz CT molecular complexity index is 2260. The van der Waals surface area contributed by atoms with Crippen LogP contribution in [0, 0.1) is 0 Å². The second-order valence-electron chi connectivity index (χ2n) is 12.1. The van der Waals surface area contributed by atoms with Crippen molar-refractivity contribution >= 4 is 39.5 Å². The van der Waals surface area contributed by atoms with Gasteiger partial charge in [0.2, 0.25) is 0 Å². The number of allylic oxidation sites excluding steroid dienone is 9. The minimum Gasteiger partial charge on any atom is -0.317 e. The summed E-state index contributed by atoms with van der Waals surface area (Å²) in [4.78, 5) is 4.30. The Labute approximate surface area is 308 Å². The third kappa shape index (κ3) is 9.01. The van der Waals surface area contributed by atoms with Gasteiger partial charge in [-0.25, -0.2) is 0 Å². The Hall–Kier alpha value is -6.90. The molecule has 252 valence electrons. The maximum absolute atomic E-state index is 4.42. The molecule has 0 amide bonds. The minimum atomic E-state index is 0.823. The largest absolute Gasteiger partial charge is 0.317 e. The molecule has 0 atom stereocenters. The first-order chi connectivity index (χ1) is 25.6. The highest BCUT2D eigenvalue weighted by molar-refractivity contribution is 5.95. The topological polar surface area (TPSA) is 6.48 Å². The Kier molecular flexibility index (Phi) is 11.9. The summed E-state index contributed by atoms with van der Waals surface area (Å²) in [5, 5.41) is 2.33. The average molecular weight is 671 g/mol. The summed E-state index contributed by atoms with van der Waals surface area (Å²) in [5.41, 5.74) is 9.47. The number of benzene rings is 6. The normalized spacial score (nSPS) is 11.7. The van der Waals surface area contributed by atoms with Crippen LogP contribution in [0.5, 0.6) is 0 Å². The molecule has 0 heterocycles. The lowest BCUT2D eigenvalue weighted by Gasteiger charge is -2.23. The van der Waals surface area contributed by atoms with Gasteiger partial charge in [0.25, 0.3) is 0 Å². The summed E-state index contributed by atoms with van der Waals surface area (Å²) < 4.78 is 0. The van der Waals surface area contributed by atoms with Gasteiger partial charge in [-0.15, -0.1) is 0 Å². The van der Waals surface area contributed by atoms with Gasteiger partial charge < -0.3 is 9.80 Å². The van der Waals surface area contributed by atoms with Gasteiger partial charge >= 0.3 is 0 Å². The molecule has 2 nitrogen and oxygen atoms in total. The molecule has 0 spiro atoms. The standard InChI is InChI=1S/C50H42N2/c1-4-5-6-16-38-51(50-27-18-23-46-22-13-14-26-49(46)50)41(3)29-28-40(2)43-30-32-44(33-31-43)45-34-36-48(37-35-45)52(47-24-11-8-12-25-47)39-17-15-21-42-19-9-7-10-20-42/h4-39H,1-3H2/b6-5-,21-15-,29-28-,38-16+,39-17+. The smallest absolute Gasteiger partial charge is 0.0533 e. The van der Waals surface area contributed by atoms with Crippen LogP contribution in [0.25, 0.3) is 33.5 Å². The Morgan fingerprint density at radius 3 is 1.85 bits per heavy atom. The zero-order chi connectivity index (χ0) is 36.0. The molecule has 0 N–H and O–H groups in total. The monoisotopic (exact) mass is 670 g/mol. The lowest BCUT2D eigenvalue weighted by Crippen LogP contribution is -2.13. The van der Waals surface area contributed by atoms with E-state index in [1.54, 1.807) is 6.08 Å². The number of hydrogen-bond donors (Lipinski definition) is 0. The summed E-state index contributed by atoms with van der Waals surface area (Å²) in [6, 6.07) is 52.6. The molecule has 6 aromatic carbocycles. The van der Waals surface area contributed by atoms with Gasteiger partial charge in [0.1, 0.15) is 0 Å². The van der Waals surface area contributed by atoms with Crippen LogP contribution in [0.4, 0.5) is 17.1 Å². The molecule has 0 aliphatic rings. The van der Waals surface area contributed by atoms with Crippen LogP contribution in [0.2, 0.25) is 0 Å². The van der Waals surface area contributed by atoms with Crippen molar-refractivity contribution in [1.29, 1.82) is 0 Å². The Morgan fingerprint density at radius 2 is 1.12 bits per heavy atom. The second-order valence-corrected chi connectivity index (χ2v) is 12.1. The fraction of sp³-hybridized carbons (Fsp3) is 0. The van der Waals surface area contributed by atoms with Gasteiger partial charge in [-0.2, -0.15) is 0 Å². The number of anilines is 3. The molecule has 52 heavy (non-hydrogen) atoms. The van der Waals surface area contributed by atoms with Crippen molar-refractivity contribution in [1.82, 2.24) is 0 Å². The lowest BCUT2D eigenvalue weighted by molar-refractivity contribution is 1.23. The number of fused-ring (bicyclic) bond motifs is 1. The third-order valence-corrected chi connectivity index (χ3v) is 8.61. The van der Waals surface area contributed by atoms with Gasteiger partial charge in [-0.05, 0) is 81.8 Å². The van der Waals surface area contributed by atoms with Crippen molar-refractivity contribution in [3.63, 3.8) is 0 Å². The fourth-order valence-corrected chi connectivity index (χ4v) is 5.87. The van der Waals surface area contributed by atoms with Gasteiger partial charge in [0, 0.05) is 34.9 Å². The van der Waals surface area contributed by atoms with Crippen LogP contribution in [0.15, 0.2) is 238 Å². The van der Waals surface area contributed by atoms with Crippen LogP contribution in [-0.4, -0.2) is 0 Å². The van der Waals surface area contributed by atoms with Crippen molar-refractivity contribution < 1.29 is 0 Å². The predicted molar refractivity (Wildman–Crippen MR) is 227 cm³/mol. The van der Waals surface area contributed by atoms with Gasteiger partial charge in [0.15, 0.2) is 0 Å². The summed E-state index contributed by atoms with van der Waals surface area (Å²) >= 11 is 0. The van der Waals surface area contributed by atoms with Gasteiger partial charge in [0.05, 0.1) is 5.69 Å². The molecular weight excluding hydrogens is 629 g/mol. The molecular formula is C50H42N2. The maximum Gasteiger partial charge on any atom is 0.0533 e. The number of hydrogen-bond acceptors (Lipinski definition) is 2. The molecule has 6 aromatic rings. The Morgan fingerprint density at radius 1 is 0.500 bits per heavy atom. The van der Waals surface area contributed by atoms with E-state index in [-0.39, 0.29) is 0 Å².